The normalized spacial score (nSPS) is 13.6. The van der Waals surface area contributed by atoms with Crippen LogP contribution < -0.4 is 15.2 Å². The Labute approximate surface area is 182 Å². The van der Waals surface area contributed by atoms with Crippen molar-refractivity contribution in [3.05, 3.63) is 42.3 Å². The lowest BCUT2D eigenvalue weighted by atomic mass is 10.1. The Bertz CT molecular complexity index is 1030. The molecule has 2 N–H and O–H groups in total. The average Bonchev–Trinajstić information content (AvgIpc) is 3.26. The predicted molar refractivity (Wildman–Crippen MR) is 125 cm³/mol. The highest BCUT2D eigenvalue weighted by molar-refractivity contribution is 7.23. The molecule has 1 unspecified atom stereocenters. The lowest BCUT2D eigenvalue weighted by Gasteiger charge is -2.12. The fraction of sp³-hybridized carbons (Fsp3) is 0.435. The molecule has 0 amide bonds. The molecule has 162 valence electrons. The summed E-state index contributed by atoms with van der Waals surface area (Å²) in [6.07, 6.45) is 10.0. The Balaban J connectivity index is 1.91. The number of nitrogens with two attached hydrogens (primary N) is 1. The number of thiazole rings is 1. The van der Waals surface area contributed by atoms with Crippen molar-refractivity contribution in [1.82, 2.24) is 9.38 Å². The molecule has 6 nitrogen and oxygen atoms in total. The lowest BCUT2D eigenvalue weighted by molar-refractivity contribution is 0.183. The van der Waals surface area contributed by atoms with Gasteiger partial charge >= 0.3 is 0 Å². The number of aromatic nitrogens is 2. The van der Waals surface area contributed by atoms with Crippen LogP contribution in [0.5, 0.6) is 11.5 Å². The summed E-state index contributed by atoms with van der Waals surface area (Å²) in [5.74, 6) is 1.54. The number of hydrogen-bond acceptors (Lipinski definition) is 6. The van der Waals surface area contributed by atoms with Crippen molar-refractivity contribution in [1.29, 1.82) is 0 Å². The maximum atomic E-state index is 6.02. The molecule has 1 aromatic carbocycles. The number of unbranched alkanes of at least 4 members (excludes halogenated alkanes) is 1. The largest absolute Gasteiger partial charge is 0.490 e. The molecule has 30 heavy (non-hydrogen) atoms. The predicted octanol–water partition coefficient (Wildman–Crippen LogP) is 5.06. The van der Waals surface area contributed by atoms with Gasteiger partial charge in [-0.05, 0) is 39.2 Å². The monoisotopic (exact) mass is 429 g/mol. The number of nitrogens with zero attached hydrogens (tertiary/aromatic N) is 2. The molecule has 0 radical (unpaired) electrons. The van der Waals surface area contributed by atoms with E-state index in [0.29, 0.717) is 13.2 Å². The summed E-state index contributed by atoms with van der Waals surface area (Å²) >= 11 is 1.64. The summed E-state index contributed by atoms with van der Waals surface area (Å²) in [7, 11) is 1.72. The molecule has 0 aliphatic rings. The first-order valence-corrected chi connectivity index (χ1v) is 11.2. The first-order chi connectivity index (χ1) is 14.6. The quantitative estimate of drug-likeness (QED) is 0.341. The zero-order valence-electron chi connectivity index (χ0n) is 18.2. The van der Waals surface area contributed by atoms with Gasteiger partial charge in [-0.2, -0.15) is 0 Å². The van der Waals surface area contributed by atoms with E-state index >= 15 is 0 Å². The standard InChI is InChI=1S/C23H31N3O3S/c1-5-17(10-9-16(3)24)18-15-26-19-13-20(28-6-2)21(29-12-8-7-11-27-4)14-22(19)30-23(26)25-18/h5,9-10,13-16H,6-8,11-12,24H2,1-4H3/b10-9-,17-5+. The topological polar surface area (TPSA) is 71.0 Å². The van der Waals surface area contributed by atoms with Crippen molar-refractivity contribution in [2.24, 2.45) is 5.73 Å². The van der Waals surface area contributed by atoms with Crippen LogP contribution in [0.25, 0.3) is 20.8 Å². The smallest absolute Gasteiger partial charge is 0.195 e. The van der Waals surface area contributed by atoms with Gasteiger partial charge in [-0.3, -0.25) is 4.40 Å². The molecule has 3 rings (SSSR count). The van der Waals surface area contributed by atoms with E-state index in [1.165, 1.54) is 0 Å². The highest BCUT2D eigenvalue weighted by Crippen LogP contribution is 2.37. The van der Waals surface area contributed by atoms with Gasteiger partial charge in [0.2, 0.25) is 0 Å². The molecule has 7 heteroatoms. The maximum absolute atomic E-state index is 6.02. The molecule has 0 spiro atoms. The van der Waals surface area contributed by atoms with Crippen LogP contribution in [0.15, 0.2) is 36.6 Å². The number of imidazole rings is 1. The van der Waals surface area contributed by atoms with Gasteiger partial charge in [0.15, 0.2) is 16.5 Å². The van der Waals surface area contributed by atoms with E-state index in [2.05, 4.69) is 22.7 Å². The Morgan fingerprint density at radius 1 is 1.23 bits per heavy atom. The summed E-state index contributed by atoms with van der Waals surface area (Å²) in [5.41, 5.74) is 8.90. The van der Waals surface area contributed by atoms with Gasteiger partial charge in [-0.15, -0.1) is 0 Å². The number of ether oxygens (including phenoxy) is 3. The van der Waals surface area contributed by atoms with Crippen LogP contribution in [0.3, 0.4) is 0 Å². The molecular weight excluding hydrogens is 398 g/mol. The van der Waals surface area contributed by atoms with Crippen LogP contribution in [0.1, 0.15) is 39.3 Å². The Hall–Kier alpha value is -2.35. The third-order valence-corrected chi connectivity index (χ3v) is 5.66. The first kappa shape index (κ1) is 22.3. The molecule has 0 saturated heterocycles. The molecule has 0 aliphatic heterocycles. The summed E-state index contributed by atoms with van der Waals surface area (Å²) in [6, 6.07) is 4.11. The Kier molecular flexibility index (Phi) is 7.90. The van der Waals surface area contributed by atoms with Gasteiger partial charge in [0.1, 0.15) is 0 Å². The Morgan fingerprint density at radius 2 is 2.00 bits per heavy atom. The van der Waals surface area contributed by atoms with E-state index in [4.69, 9.17) is 24.9 Å². The molecule has 0 aliphatic carbocycles. The second-order valence-electron chi connectivity index (χ2n) is 7.09. The zero-order chi connectivity index (χ0) is 21.5. The lowest BCUT2D eigenvalue weighted by Crippen LogP contribution is -2.10. The van der Waals surface area contributed by atoms with Gasteiger partial charge < -0.3 is 19.9 Å². The van der Waals surface area contributed by atoms with E-state index < -0.39 is 0 Å². The minimum Gasteiger partial charge on any atom is -0.490 e. The molecule has 3 aromatic rings. The third kappa shape index (κ3) is 5.22. The van der Waals surface area contributed by atoms with Gasteiger partial charge in [0.05, 0.1) is 29.1 Å². The highest BCUT2D eigenvalue weighted by atomic mass is 32.1. The van der Waals surface area contributed by atoms with E-state index in [9.17, 15) is 0 Å². The van der Waals surface area contributed by atoms with Gasteiger partial charge in [-0.25, -0.2) is 4.98 Å². The van der Waals surface area contributed by atoms with Crippen LogP contribution >= 0.6 is 11.3 Å². The fourth-order valence-corrected chi connectivity index (χ4v) is 4.16. The second kappa shape index (κ2) is 10.6. The number of hydrogen-bond donors (Lipinski definition) is 1. The summed E-state index contributed by atoms with van der Waals surface area (Å²) in [6.45, 7) is 7.91. The van der Waals surface area contributed by atoms with Crippen LogP contribution in [0, 0.1) is 0 Å². The number of methoxy groups -OCH3 is 1. The number of benzene rings is 1. The first-order valence-electron chi connectivity index (χ1n) is 10.4. The van der Waals surface area contributed by atoms with E-state index in [1.807, 2.05) is 39.0 Å². The maximum Gasteiger partial charge on any atom is 0.195 e. The second-order valence-corrected chi connectivity index (χ2v) is 8.10. The summed E-state index contributed by atoms with van der Waals surface area (Å²) in [4.78, 5) is 5.76. The SMILES string of the molecule is C/C=C(\C=C/C(C)N)c1cn2c(n1)sc1cc(OCCCCOC)c(OCC)cc12. The molecule has 0 bridgehead atoms. The van der Waals surface area contributed by atoms with Crippen molar-refractivity contribution in [2.75, 3.05) is 26.9 Å². The highest BCUT2D eigenvalue weighted by Gasteiger charge is 2.15. The van der Waals surface area contributed by atoms with Gasteiger partial charge in [0.25, 0.3) is 0 Å². The fourth-order valence-electron chi connectivity index (χ4n) is 3.14. The van der Waals surface area contributed by atoms with Crippen molar-refractivity contribution in [3.63, 3.8) is 0 Å². The molecule has 0 saturated carbocycles. The number of rotatable bonds is 11. The van der Waals surface area contributed by atoms with Crippen LogP contribution in [-0.2, 0) is 4.74 Å². The van der Waals surface area contributed by atoms with E-state index in [0.717, 1.165) is 57.4 Å². The van der Waals surface area contributed by atoms with Crippen molar-refractivity contribution in [3.8, 4) is 11.5 Å². The molecular formula is C23H31N3O3S. The van der Waals surface area contributed by atoms with E-state index in [1.54, 1.807) is 18.4 Å². The van der Waals surface area contributed by atoms with Crippen molar-refractivity contribution < 1.29 is 14.2 Å². The number of fused-ring (bicyclic) bond motifs is 3. The summed E-state index contributed by atoms with van der Waals surface area (Å²) in [5, 5.41) is 0. The third-order valence-electron chi connectivity index (χ3n) is 4.65. The molecule has 1 atom stereocenters. The summed E-state index contributed by atoms with van der Waals surface area (Å²) < 4.78 is 20.2. The van der Waals surface area contributed by atoms with Crippen molar-refractivity contribution in [2.45, 2.75) is 39.7 Å². The molecule has 2 aromatic heterocycles. The molecule has 0 fully saturated rings. The minimum atomic E-state index is 0.00573. The van der Waals surface area contributed by atoms with Gasteiger partial charge in [-0.1, -0.05) is 29.6 Å². The van der Waals surface area contributed by atoms with E-state index in [-0.39, 0.29) is 6.04 Å². The van der Waals surface area contributed by atoms with Crippen LogP contribution in [0.2, 0.25) is 0 Å². The molecule has 2 heterocycles. The average molecular weight is 430 g/mol. The van der Waals surface area contributed by atoms with Gasteiger partial charge in [0, 0.05) is 38.1 Å². The zero-order valence-corrected chi connectivity index (χ0v) is 19.0. The van der Waals surface area contributed by atoms with Crippen molar-refractivity contribution >= 4 is 32.1 Å². The number of allylic oxidation sites excluding steroid dienone is 3. The minimum absolute atomic E-state index is 0.00573. The van der Waals surface area contributed by atoms with Crippen LogP contribution in [-0.4, -0.2) is 42.4 Å². The Morgan fingerprint density at radius 3 is 2.70 bits per heavy atom. The van der Waals surface area contributed by atoms with Crippen LogP contribution in [0.4, 0.5) is 0 Å².